The minimum atomic E-state index is -1.42. The van der Waals surface area contributed by atoms with Crippen LogP contribution >= 0.6 is 11.6 Å². The van der Waals surface area contributed by atoms with Gasteiger partial charge in [-0.15, -0.1) is 0 Å². The lowest BCUT2D eigenvalue weighted by Crippen LogP contribution is -2.35. The van der Waals surface area contributed by atoms with Gasteiger partial charge in [0.2, 0.25) is 5.91 Å². The van der Waals surface area contributed by atoms with E-state index in [0.29, 0.717) is 28.3 Å². The highest BCUT2D eigenvalue weighted by atomic mass is 35.5. The molecule has 2 bridgehead atoms. The number of halogens is 2. The van der Waals surface area contributed by atoms with E-state index in [-0.39, 0.29) is 22.6 Å². The molecule has 3 saturated carbocycles. The van der Waals surface area contributed by atoms with E-state index >= 15 is 4.39 Å². The van der Waals surface area contributed by atoms with Gasteiger partial charge < -0.3 is 9.47 Å². The Balaban J connectivity index is 1.72. The summed E-state index contributed by atoms with van der Waals surface area (Å²) < 4.78 is 30.1. The Morgan fingerprint density at radius 2 is 2.00 bits per heavy atom. The molecule has 4 aliphatic rings. The third kappa shape index (κ3) is 2.75. The van der Waals surface area contributed by atoms with Gasteiger partial charge in [0.1, 0.15) is 10.5 Å². The zero-order valence-corrected chi connectivity index (χ0v) is 19.5. The van der Waals surface area contributed by atoms with Crippen molar-refractivity contribution in [3.05, 3.63) is 28.9 Å². The summed E-state index contributed by atoms with van der Waals surface area (Å²) in [5, 5.41) is 1.46. The fourth-order valence-corrected chi connectivity index (χ4v) is 7.24. The molecule has 1 amide bonds. The Labute approximate surface area is 192 Å². The van der Waals surface area contributed by atoms with E-state index in [0.717, 1.165) is 36.0 Å². The molecule has 1 saturated heterocycles. The van der Waals surface area contributed by atoms with E-state index in [2.05, 4.69) is 20.6 Å². The molecule has 3 aromatic heterocycles. The van der Waals surface area contributed by atoms with Crippen molar-refractivity contribution < 1.29 is 13.4 Å². The molecular weight excluding hydrogens is 451 g/mol. The summed E-state index contributed by atoms with van der Waals surface area (Å²) in [7, 11) is -1.42. The van der Waals surface area contributed by atoms with Crippen LogP contribution in [0.3, 0.4) is 0 Å². The second-order valence-electron chi connectivity index (χ2n) is 9.39. The Morgan fingerprint density at radius 3 is 2.66 bits per heavy atom. The monoisotopic (exact) mass is 474 g/mol. The second-order valence-corrected chi connectivity index (χ2v) is 11.0. The van der Waals surface area contributed by atoms with Gasteiger partial charge in [-0.1, -0.05) is 11.6 Å². The molecule has 3 aliphatic carbocycles. The van der Waals surface area contributed by atoms with Crippen molar-refractivity contribution in [2.45, 2.75) is 56.1 Å². The normalized spacial score (nSPS) is 27.9. The van der Waals surface area contributed by atoms with Crippen LogP contribution in [0.1, 0.15) is 56.8 Å². The lowest BCUT2D eigenvalue weighted by atomic mass is 9.78. The minimum absolute atomic E-state index is 0.0433. The first-order valence-corrected chi connectivity index (χ1v) is 13.1. The van der Waals surface area contributed by atoms with Gasteiger partial charge >= 0.3 is 0 Å². The molecule has 6 nitrogen and oxygen atoms in total. The summed E-state index contributed by atoms with van der Waals surface area (Å²) in [4.78, 5) is 22.9. The smallest absolute Gasteiger partial charge is 0.220 e. The van der Waals surface area contributed by atoms with Gasteiger partial charge in [-0.25, -0.2) is 14.4 Å². The number of nitrogens with zero attached hydrogens (tertiary/aromatic N) is 4. The minimum Gasteiger partial charge on any atom is -0.338 e. The summed E-state index contributed by atoms with van der Waals surface area (Å²) in [6.07, 6.45) is 8.55. The quantitative estimate of drug-likeness (QED) is 0.513. The largest absolute Gasteiger partial charge is 0.338 e. The molecule has 4 heterocycles. The molecule has 0 radical (unpaired) electrons. The van der Waals surface area contributed by atoms with Gasteiger partial charge in [0.15, 0.2) is 11.0 Å². The van der Waals surface area contributed by atoms with Crippen LogP contribution in [-0.4, -0.2) is 42.4 Å². The Kier molecular flexibility index (Phi) is 4.63. The number of hydrogen-bond donors (Lipinski definition) is 0. The molecule has 3 aromatic rings. The number of fused-ring (bicyclic) bond motifs is 4. The van der Waals surface area contributed by atoms with E-state index in [4.69, 9.17) is 11.6 Å². The van der Waals surface area contributed by atoms with Crippen molar-refractivity contribution in [3.8, 4) is 0 Å². The zero-order valence-electron chi connectivity index (χ0n) is 18.0. The highest BCUT2D eigenvalue weighted by molar-refractivity contribution is 7.84. The molecule has 9 heteroatoms. The van der Waals surface area contributed by atoms with E-state index in [1.54, 1.807) is 19.4 Å². The van der Waals surface area contributed by atoms with Crippen molar-refractivity contribution in [3.63, 3.8) is 0 Å². The number of amides is 1. The topological polar surface area (TPSA) is 68.1 Å². The van der Waals surface area contributed by atoms with Gasteiger partial charge in [0, 0.05) is 48.4 Å². The summed E-state index contributed by atoms with van der Waals surface area (Å²) in [6, 6.07) is 2.31. The van der Waals surface area contributed by atoms with Gasteiger partial charge in [-0.2, -0.15) is 0 Å². The van der Waals surface area contributed by atoms with Crippen LogP contribution < -0.4 is 0 Å². The SMILES string of the molecule is CC(=O)N1CCC[C@@H]1c1cc2c(S(C)=O)nc3c(F)c(Cl)ncc3c2n1C1[C@@H]2CC[C@H]1C2. The third-order valence-electron chi connectivity index (χ3n) is 7.77. The fourth-order valence-electron chi connectivity index (χ4n) is 6.41. The molecule has 32 heavy (non-hydrogen) atoms. The number of carbonyl (C=O) groups excluding carboxylic acids is 1. The summed E-state index contributed by atoms with van der Waals surface area (Å²) in [5.74, 6) is 0.522. The molecular formula is C23H24ClFN4O2S. The first-order chi connectivity index (χ1) is 15.4. The number of hydrogen-bond acceptors (Lipinski definition) is 4. The highest BCUT2D eigenvalue weighted by Crippen LogP contribution is 2.58. The first kappa shape index (κ1) is 20.5. The molecule has 0 N–H and O–H groups in total. The summed E-state index contributed by atoms with van der Waals surface area (Å²) in [6.45, 7) is 2.35. The van der Waals surface area contributed by atoms with Crippen LogP contribution in [0.5, 0.6) is 0 Å². The molecule has 7 rings (SSSR count). The van der Waals surface area contributed by atoms with Crippen molar-refractivity contribution in [2.24, 2.45) is 11.8 Å². The van der Waals surface area contributed by atoms with Crippen molar-refractivity contribution >= 4 is 50.1 Å². The van der Waals surface area contributed by atoms with Crippen LogP contribution in [-0.2, 0) is 15.6 Å². The fraction of sp³-hybridized carbons (Fsp3) is 0.522. The molecule has 4 fully saturated rings. The van der Waals surface area contributed by atoms with Gasteiger partial charge in [-0.05, 0) is 50.0 Å². The van der Waals surface area contributed by atoms with Crippen LogP contribution in [0.4, 0.5) is 4.39 Å². The maximum atomic E-state index is 15.0. The maximum Gasteiger partial charge on any atom is 0.220 e. The predicted molar refractivity (Wildman–Crippen MR) is 122 cm³/mol. The van der Waals surface area contributed by atoms with Crippen molar-refractivity contribution in [1.29, 1.82) is 0 Å². The standard InChI is InChI=1S/C23H24ClFN4O2S/c1-11(30)28-7-3-4-16(28)17-9-14-21(29(17)20-12-5-6-13(20)8-12)15-10-26-22(24)18(25)19(15)27-23(14)32(2)31/h9-10,12-13,16,20H,3-8H2,1-2H3/t12-,13+,16-,20?,32?/m1/s1. The molecule has 168 valence electrons. The molecule has 0 aromatic carbocycles. The Bertz CT molecular complexity index is 1310. The van der Waals surface area contributed by atoms with Crippen LogP contribution in [0.15, 0.2) is 17.3 Å². The number of likely N-dealkylation sites (tertiary alicyclic amines) is 1. The average Bonchev–Trinajstić information content (AvgIpc) is 3.52. The van der Waals surface area contributed by atoms with E-state index in [9.17, 15) is 9.00 Å². The molecule has 5 atom stereocenters. The lowest BCUT2D eigenvalue weighted by Gasteiger charge is -2.40. The van der Waals surface area contributed by atoms with Gasteiger partial charge in [-0.3, -0.25) is 9.00 Å². The van der Waals surface area contributed by atoms with Crippen LogP contribution in [0, 0.1) is 17.7 Å². The van der Waals surface area contributed by atoms with Crippen molar-refractivity contribution in [2.75, 3.05) is 12.8 Å². The third-order valence-corrected chi connectivity index (χ3v) is 8.88. The second kappa shape index (κ2) is 7.22. The van der Waals surface area contributed by atoms with Crippen molar-refractivity contribution in [1.82, 2.24) is 19.4 Å². The zero-order chi connectivity index (χ0) is 22.3. The highest BCUT2D eigenvalue weighted by Gasteiger charge is 2.49. The lowest BCUT2D eigenvalue weighted by molar-refractivity contribution is -0.129. The Hall–Kier alpha value is -2.06. The van der Waals surface area contributed by atoms with Crippen LogP contribution in [0.2, 0.25) is 5.15 Å². The van der Waals surface area contributed by atoms with Gasteiger partial charge in [0.25, 0.3) is 0 Å². The maximum absolute atomic E-state index is 15.0. The predicted octanol–water partition coefficient (Wildman–Crippen LogP) is 4.77. The van der Waals surface area contributed by atoms with E-state index in [1.165, 1.54) is 19.3 Å². The van der Waals surface area contributed by atoms with E-state index < -0.39 is 16.6 Å². The number of aromatic nitrogens is 3. The van der Waals surface area contributed by atoms with E-state index in [1.807, 2.05) is 4.90 Å². The Morgan fingerprint density at radius 1 is 1.25 bits per heavy atom. The summed E-state index contributed by atoms with van der Waals surface area (Å²) >= 11 is 5.98. The molecule has 2 unspecified atom stereocenters. The first-order valence-electron chi connectivity index (χ1n) is 11.2. The number of pyridine rings is 2. The average molecular weight is 475 g/mol. The van der Waals surface area contributed by atoms with Gasteiger partial charge in [0.05, 0.1) is 22.4 Å². The number of rotatable bonds is 3. The molecule has 1 aliphatic heterocycles. The van der Waals surface area contributed by atoms with Crippen LogP contribution in [0.25, 0.3) is 21.8 Å². The number of carbonyl (C=O) groups is 1. The molecule has 0 spiro atoms. The summed E-state index contributed by atoms with van der Waals surface area (Å²) in [5.41, 5.74) is 1.98.